The molecule has 0 saturated heterocycles. The van der Waals surface area contributed by atoms with Gasteiger partial charge in [-0.15, -0.1) is 0 Å². The van der Waals surface area contributed by atoms with Crippen LogP contribution >= 0.6 is 0 Å². The Kier molecular flexibility index (Phi) is 6.50. The van der Waals surface area contributed by atoms with E-state index >= 15 is 0 Å². The lowest BCUT2D eigenvalue weighted by atomic mass is 9.90. The molecule has 5 nitrogen and oxygen atoms in total. The van der Waals surface area contributed by atoms with Gasteiger partial charge < -0.3 is 9.67 Å². The zero-order valence-corrected chi connectivity index (χ0v) is 18.1. The Morgan fingerprint density at radius 1 is 1.13 bits per heavy atom. The molecule has 3 aromatic rings. The minimum Gasteiger partial charge on any atom is -0.481 e. The Morgan fingerprint density at radius 2 is 1.90 bits per heavy atom. The van der Waals surface area contributed by atoms with Crippen molar-refractivity contribution in [2.45, 2.75) is 57.4 Å². The Hall–Kier alpha value is -2.95. The third-order valence-electron chi connectivity index (χ3n) is 6.78. The molecule has 1 aromatic heterocycles. The van der Waals surface area contributed by atoms with Crippen molar-refractivity contribution in [3.8, 4) is 0 Å². The second-order valence-corrected chi connectivity index (χ2v) is 8.74. The molecular formula is C26H30N2O3. The van der Waals surface area contributed by atoms with Crippen molar-refractivity contribution in [3.63, 3.8) is 0 Å². The van der Waals surface area contributed by atoms with E-state index in [2.05, 4.69) is 35.0 Å². The van der Waals surface area contributed by atoms with E-state index in [-0.39, 0.29) is 6.42 Å². The van der Waals surface area contributed by atoms with E-state index < -0.39 is 17.9 Å². The molecule has 0 fully saturated rings. The van der Waals surface area contributed by atoms with Gasteiger partial charge in [0.1, 0.15) is 6.04 Å². The number of hydrogen-bond acceptors (Lipinski definition) is 3. The van der Waals surface area contributed by atoms with Crippen LogP contribution in [0.25, 0.3) is 10.9 Å². The Bertz CT molecular complexity index is 1070. The number of nitroso groups, excluding NO2 is 1. The number of aliphatic carboxylic acids is 1. The van der Waals surface area contributed by atoms with Gasteiger partial charge in [-0.3, -0.25) is 4.79 Å². The first-order valence-corrected chi connectivity index (χ1v) is 11.3. The fourth-order valence-electron chi connectivity index (χ4n) is 5.03. The van der Waals surface area contributed by atoms with Crippen LogP contribution in [0, 0.1) is 10.8 Å². The van der Waals surface area contributed by atoms with Crippen molar-refractivity contribution >= 4 is 16.9 Å². The maximum absolute atomic E-state index is 11.9. The van der Waals surface area contributed by atoms with Crippen molar-refractivity contribution in [3.05, 3.63) is 75.8 Å². The summed E-state index contributed by atoms with van der Waals surface area (Å²) >= 11 is 0. The summed E-state index contributed by atoms with van der Waals surface area (Å²) < 4.78 is 2.24. The van der Waals surface area contributed by atoms with Crippen LogP contribution < -0.4 is 0 Å². The van der Waals surface area contributed by atoms with Crippen LogP contribution in [-0.2, 0) is 31.1 Å². The smallest absolute Gasteiger partial charge is 0.306 e. The molecule has 0 aliphatic heterocycles. The highest BCUT2D eigenvalue weighted by molar-refractivity contribution is 5.86. The maximum Gasteiger partial charge on any atom is 0.306 e. The molecule has 0 radical (unpaired) electrons. The molecule has 5 heteroatoms. The quantitative estimate of drug-likeness (QED) is 0.435. The standard InChI is InChI=1S/C26H30N2O3/c1-28-24-13-6-5-12-21(24)22-15-14-19(17-25(22)28)23(27-31)16-20(26(29)30)11-7-10-18-8-3-2-4-9-18/h2-4,8-9,14-15,17,20,23H,5-7,10-13,16H2,1H3,(H,29,30). The summed E-state index contributed by atoms with van der Waals surface area (Å²) in [5, 5.41) is 14.3. The molecule has 0 saturated carbocycles. The molecule has 1 heterocycles. The van der Waals surface area contributed by atoms with E-state index in [0.29, 0.717) is 6.42 Å². The zero-order valence-electron chi connectivity index (χ0n) is 18.1. The first kappa shape index (κ1) is 21.3. The highest BCUT2D eigenvalue weighted by atomic mass is 16.4. The molecule has 31 heavy (non-hydrogen) atoms. The van der Waals surface area contributed by atoms with Crippen LogP contribution in [0.1, 0.15) is 60.5 Å². The lowest BCUT2D eigenvalue weighted by Crippen LogP contribution is -2.17. The second kappa shape index (κ2) is 9.46. The summed E-state index contributed by atoms with van der Waals surface area (Å²) in [6.45, 7) is 0. The van der Waals surface area contributed by atoms with E-state index in [4.69, 9.17) is 0 Å². The number of carbonyl (C=O) groups is 1. The molecule has 0 bridgehead atoms. The minimum atomic E-state index is -0.850. The molecule has 1 aliphatic rings. The first-order chi connectivity index (χ1) is 15.1. The van der Waals surface area contributed by atoms with Crippen LogP contribution in [0.5, 0.6) is 0 Å². The van der Waals surface area contributed by atoms with Crippen molar-refractivity contribution in [1.82, 2.24) is 4.57 Å². The van der Waals surface area contributed by atoms with E-state index in [0.717, 1.165) is 36.8 Å². The van der Waals surface area contributed by atoms with Gasteiger partial charge in [0.05, 0.1) is 5.92 Å². The van der Waals surface area contributed by atoms with Crippen LogP contribution in [-0.4, -0.2) is 15.6 Å². The predicted octanol–water partition coefficient (Wildman–Crippen LogP) is 5.98. The summed E-state index contributed by atoms with van der Waals surface area (Å²) in [7, 11) is 2.09. The molecule has 4 rings (SSSR count). The van der Waals surface area contributed by atoms with Crippen LogP contribution in [0.15, 0.2) is 53.7 Å². The van der Waals surface area contributed by atoms with Crippen molar-refractivity contribution < 1.29 is 9.90 Å². The van der Waals surface area contributed by atoms with Gasteiger partial charge in [0.15, 0.2) is 0 Å². The number of hydrogen-bond donors (Lipinski definition) is 1. The van der Waals surface area contributed by atoms with Gasteiger partial charge in [0.2, 0.25) is 0 Å². The molecule has 1 aliphatic carbocycles. The Balaban J connectivity index is 1.50. The number of nitrogens with zero attached hydrogens (tertiary/aromatic N) is 2. The Morgan fingerprint density at radius 3 is 2.65 bits per heavy atom. The fraction of sp³-hybridized carbons (Fsp3) is 0.423. The molecular weight excluding hydrogens is 388 g/mol. The largest absolute Gasteiger partial charge is 0.481 e. The SMILES string of the molecule is Cn1c2c(c3ccc(C(CC(CCCc4ccccc4)C(=O)O)N=O)cc31)CCCC2. The number of rotatable bonds is 9. The topological polar surface area (TPSA) is 71.7 Å². The monoisotopic (exact) mass is 418 g/mol. The first-order valence-electron chi connectivity index (χ1n) is 11.3. The van der Waals surface area contributed by atoms with Gasteiger partial charge in [-0.2, -0.15) is 4.91 Å². The molecule has 0 amide bonds. The van der Waals surface area contributed by atoms with E-state index in [1.54, 1.807) is 0 Å². The molecule has 2 aromatic carbocycles. The highest BCUT2D eigenvalue weighted by Gasteiger charge is 2.25. The number of benzene rings is 2. The highest BCUT2D eigenvalue weighted by Crippen LogP contribution is 2.35. The van der Waals surface area contributed by atoms with Gasteiger partial charge in [-0.1, -0.05) is 47.6 Å². The molecule has 0 spiro atoms. The zero-order chi connectivity index (χ0) is 21.8. The molecule has 162 valence electrons. The van der Waals surface area contributed by atoms with E-state index in [1.807, 2.05) is 30.3 Å². The summed E-state index contributed by atoms with van der Waals surface area (Å²) in [4.78, 5) is 23.6. The third kappa shape index (κ3) is 4.55. The van der Waals surface area contributed by atoms with Gasteiger partial charge in [0.25, 0.3) is 0 Å². The van der Waals surface area contributed by atoms with E-state index in [9.17, 15) is 14.8 Å². The minimum absolute atomic E-state index is 0.239. The van der Waals surface area contributed by atoms with Crippen molar-refractivity contribution in [1.29, 1.82) is 0 Å². The summed E-state index contributed by atoms with van der Waals surface area (Å²) in [6.07, 6.45) is 7.01. The van der Waals surface area contributed by atoms with Crippen LogP contribution in [0.3, 0.4) is 0 Å². The Labute approximate surface area is 183 Å². The van der Waals surface area contributed by atoms with Gasteiger partial charge in [-0.05, 0) is 74.1 Å². The molecule has 1 N–H and O–H groups in total. The summed E-state index contributed by atoms with van der Waals surface area (Å²) in [5.74, 6) is -1.43. The summed E-state index contributed by atoms with van der Waals surface area (Å²) in [5.41, 5.74) is 5.95. The number of carboxylic acids is 1. The lowest BCUT2D eigenvalue weighted by Gasteiger charge is -2.16. The number of fused-ring (bicyclic) bond motifs is 3. The molecule has 2 atom stereocenters. The van der Waals surface area contributed by atoms with Gasteiger partial charge in [-0.25, -0.2) is 0 Å². The van der Waals surface area contributed by atoms with E-state index in [1.165, 1.54) is 35.0 Å². The van der Waals surface area contributed by atoms with Gasteiger partial charge >= 0.3 is 5.97 Å². The average molecular weight is 419 g/mol. The molecule has 2 unspecified atom stereocenters. The third-order valence-corrected chi connectivity index (χ3v) is 6.78. The average Bonchev–Trinajstić information content (AvgIpc) is 3.08. The summed E-state index contributed by atoms with van der Waals surface area (Å²) in [6, 6.07) is 15.5. The number of aromatic nitrogens is 1. The lowest BCUT2D eigenvalue weighted by molar-refractivity contribution is -0.142. The van der Waals surface area contributed by atoms with Crippen molar-refractivity contribution in [2.24, 2.45) is 18.1 Å². The van der Waals surface area contributed by atoms with Crippen LogP contribution in [0.2, 0.25) is 0 Å². The number of aryl methyl sites for hydroxylation is 3. The second-order valence-electron chi connectivity index (χ2n) is 8.74. The number of carboxylic acid groups (broad SMARTS) is 1. The van der Waals surface area contributed by atoms with Crippen LogP contribution in [0.4, 0.5) is 0 Å². The van der Waals surface area contributed by atoms with Gasteiger partial charge in [0, 0.05) is 23.6 Å². The predicted molar refractivity (Wildman–Crippen MR) is 123 cm³/mol. The fourth-order valence-corrected chi connectivity index (χ4v) is 5.03. The normalized spacial score (nSPS) is 15.4. The van der Waals surface area contributed by atoms with Crippen molar-refractivity contribution in [2.75, 3.05) is 0 Å². The maximum atomic E-state index is 11.9.